The van der Waals surface area contributed by atoms with Gasteiger partial charge in [0.2, 0.25) is 0 Å². The van der Waals surface area contributed by atoms with Crippen LogP contribution in [0, 0.1) is 23.2 Å². The van der Waals surface area contributed by atoms with Gasteiger partial charge in [-0.1, -0.05) is 13.0 Å². The van der Waals surface area contributed by atoms with Crippen LogP contribution in [-0.4, -0.2) is 10.9 Å². The quantitative estimate of drug-likeness (QED) is 0.631. The minimum Gasteiger partial charge on any atom is -0.511 e. The van der Waals surface area contributed by atoms with Crippen molar-refractivity contribution >= 4 is 11.4 Å². The van der Waals surface area contributed by atoms with E-state index in [4.69, 9.17) is 10.00 Å². The number of rotatable bonds is 4. The second kappa shape index (κ2) is 7.77. The number of aryl methyl sites for hydroxylation is 1. The van der Waals surface area contributed by atoms with Crippen molar-refractivity contribution in [1.82, 2.24) is 0 Å². The Morgan fingerprint density at radius 3 is 2.48 bits per heavy atom. The standard InChI is InChI=1S/C24H20F3NO3/c1-2-13-5-6-18(31-17-7-8-20(24(25,26)27)16(10-17)12-28)11-19(13)21-22(29)14-3-4-15(9-14)23(21)30/h5-8,10-11,14-15,29H,2-4,9H2,1H3. The summed E-state index contributed by atoms with van der Waals surface area (Å²) < 4.78 is 44.8. The first-order valence-electron chi connectivity index (χ1n) is 10.1. The van der Waals surface area contributed by atoms with Crippen molar-refractivity contribution in [1.29, 1.82) is 5.26 Å². The first-order chi connectivity index (χ1) is 14.7. The molecular formula is C24H20F3NO3. The van der Waals surface area contributed by atoms with Gasteiger partial charge in [0, 0.05) is 11.8 Å². The van der Waals surface area contributed by atoms with Crippen LogP contribution in [-0.2, 0) is 17.4 Å². The van der Waals surface area contributed by atoms with Crippen LogP contribution in [0.2, 0.25) is 0 Å². The maximum atomic E-state index is 13.0. The lowest BCUT2D eigenvalue weighted by Crippen LogP contribution is -2.21. The van der Waals surface area contributed by atoms with E-state index in [1.54, 1.807) is 24.3 Å². The second-order valence-corrected chi connectivity index (χ2v) is 7.92. The van der Waals surface area contributed by atoms with Gasteiger partial charge in [-0.2, -0.15) is 18.4 Å². The lowest BCUT2D eigenvalue weighted by molar-refractivity contribution is -0.137. The number of ether oxygens (including phenoxy) is 1. The second-order valence-electron chi connectivity index (χ2n) is 7.92. The number of hydrogen-bond acceptors (Lipinski definition) is 4. The number of nitriles is 1. The summed E-state index contributed by atoms with van der Waals surface area (Å²) in [6, 6.07) is 9.63. The molecule has 0 aromatic heterocycles. The zero-order valence-corrected chi connectivity index (χ0v) is 16.8. The summed E-state index contributed by atoms with van der Waals surface area (Å²) in [4.78, 5) is 12.9. The number of benzene rings is 2. The van der Waals surface area contributed by atoms with Crippen molar-refractivity contribution in [2.45, 2.75) is 38.8 Å². The molecule has 0 aliphatic heterocycles. The molecule has 4 rings (SSSR count). The number of ketones is 1. The van der Waals surface area contributed by atoms with E-state index in [0.717, 1.165) is 36.6 Å². The predicted molar refractivity (Wildman–Crippen MR) is 107 cm³/mol. The van der Waals surface area contributed by atoms with Crippen LogP contribution in [0.5, 0.6) is 11.5 Å². The van der Waals surface area contributed by atoms with Crippen molar-refractivity contribution in [3.63, 3.8) is 0 Å². The number of halogens is 3. The Labute approximate surface area is 177 Å². The van der Waals surface area contributed by atoms with Gasteiger partial charge in [-0.3, -0.25) is 4.79 Å². The number of carbonyl (C=O) groups excluding carboxylic acids is 1. The molecule has 2 unspecified atom stereocenters. The van der Waals surface area contributed by atoms with Crippen LogP contribution in [0.1, 0.15) is 48.4 Å². The molecule has 2 aromatic rings. The highest BCUT2D eigenvalue weighted by Crippen LogP contribution is 2.46. The molecular weight excluding hydrogens is 407 g/mol. The summed E-state index contributed by atoms with van der Waals surface area (Å²) in [5, 5.41) is 19.8. The Balaban J connectivity index is 1.72. The van der Waals surface area contributed by atoms with Gasteiger partial charge >= 0.3 is 6.18 Å². The minimum atomic E-state index is -4.63. The van der Waals surface area contributed by atoms with E-state index >= 15 is 0 Å². The van der Waals surface area contributed by atoms with Gasteiger partial charge in [-0.15, -0.1) is 0 Å². The number of fused-ring (bicyclic) bond motifs is 2. The van der Waals surface area contributed by atoms with Crippen molar-refractivity contribution in [2.75, 3.05) is 0 Å². The lowest BCUT2D eigenvalue weighted by atomic mass is 9.81. The Kier molecular flexibility index (Phi) is 5.26. The molecule has 1 N–H and O–H groups in total. The van der Waals surface area contributed by atoms with Gasteiger partial charge in [0.15, 0.2) is 5.78 Å². The summed E-state index contributed by atoms with van der Waals surface area (Å²) in [6.07, 6.45) is -1.78. The molecule has 2 bridgehead atoms. The molecule has 2 aliphatic carbocycles. The SMILES string of the molecule is CCc1ccc(Oc2ccc(C(F)(F)F)c(C#N)c2)cc1C1=C(O)C2CCC(C2)C1=O. The number of nitrogens with zero attached hydrogens (tertiary/aromatic N) is 1. The average Bonchev–Trinajstić information content (AvgIpc) is 3.19. The smallest absolute Gasteiger partial charge is 0.417 e. The fourth-order valence-electron chi connectivity index (χ4n) is 4.50. The van der Waals surface area contributed by atoms with Crippen molar-refractivity contribution < 1.29 is 27.8 Å². The monoisotopic (exact) mass is 427 g/mol. The van der Waals surface area contributed by atoms with Crippen LogP contribution in [0.25, 0.3) is 5.57 Å². The molecule has 4 nitrogen and oxygen atoms in total. The van der Waals surface area contributed by atoms with Crippen molar-refractivity contribution in [3.8, 4) is 17.6 Å². The maximum Gasteiger partial charge on any atom is 0.417 e. The van der Waals surface area contributed by atoms with Crippen molar-refractivity contribution in [2.24, 2.45) is 11.8 Å². The number of hydrogen-bond donors (Lipinski definition) is 1. The highest BCUT2D eigenvalue weighted by Gasteiger charge is 2.41. The van der Waals surface area contributed by atoms with Gasteiger partial charge in [-0.05, 0) is 67.1 Å². The van der Waals surface area contributed by atoms with E-state index in [1.807, 2.05) is 6.92 Å². The summed E-state index contributed by atoms with van der Waals surface area (Å²) in [5.41, 5.74) is 0.226. The normalized spacial score (nSPS) is 20.7. The molecule has 2 aliphatic rings. The van der Waals surface area contributed by atoms with Gasteiger partial charge in [0.25, 0.3) is 0 Å². The zero-order valence-electron chi connectivity index (χ0n) is 16.8. The zero-order chi connectivity index (χ0) is 22.3. The average molecular weight is 427 g/mol. The Hall–Kier alpha value is -3.27. The third-order valence-corrected chi connectivity index (χ3v) is 6.08. The van der Waals surface area contributed by atoms with E-state index in [2.05, 4.69) is 0 Å². The fourth-order valence-corrected chi connectivity index (χ4v) is 4.50. The third-order valence-electron chi connectivity index (χ3n) is 6.08. The van der Waals surface area contributed by atoms with Crippen LogP contribution in [0.3, 0.4) is 0 Å². The topological polar surface area (TPSA) is 70.3 Å². The summed E-state index contributed by atoms with van der Waals surface area (Å²) in [7, 11) is 0. The van der Waals surface area contributed by atoms with E-state index < -0.39 is 17.3 Å². The van der Waals surface area contributed by atoms with Gasteiger partial charge < -0.3 is 9.84 Å². The van der Waals surface area contributed by atoms with Gasteiger partial charge in [0.05, 0.1) is 22.8 Å². The van der Waals surface area contributed by atoms with Crippen LogP contribution < -0.4 is 4.74 Å². The first-order valence-corrected chi connectivity index (χ1v) is 10.1. The van der Waals surface area contributed by atoms with Crippen LogP contribution in [0.15, 0.2) is 42.2 Å². The molecule has 0 saturated heterocycles. The van der Waals surface area contributed by atoms with E-state index in [9.17, 15) is 23.1 Å². The maximum absolute atomic E-state index is 13.0. The molecule has 160 valence electrons. The van der Waals surface area contributed by atoms with Crippen LogP contribution >= 0.6 is 0 Å². The molecule has 1 fully saturated rings. The first kappa shape index (κ1) is 21.0. The summed E-state index contributed by atoms with van der Waals surface area (Å²) in [6.45, 7) is 1.94. The minimum absolute atomic E-state index is 0.0138. The molecule has 31 heavy (non-hydrogen) atoms. The number of alkyl halides is 3. The van der Waals surface area contributed by atoms with Gasteiger partial charge in [0.1, 0.15) is 17.3 Å². The van der Waals surface area contributed by atoms with Gasteiger partial charge in [-0.25, -0.2) is 0 Å². The Bertz CT molecular complexity index is 1130. The molecule has 0 spiro atoms. The molecule has 0 radical (unpaired) electrons. The van der Waals surface area contributed by atoms with Crippen LogP contribution in [0.4, 0.5) is 13.2 Å². The predicted octanol–water partition coefficient (Wildman–Crippen LogP) is 6.20. The number of allylic oxidation sites excluding steroid dienone is 2. The fraction of sp³-hybridized carbons (Fsp3) is 0.333. The van der Waals surface area contributed by atoms with E-state index in [0.29, 0.717) is 29.7 Å². The number of Topliss-reactive ketones (excluding diaryl/α,β-unsaturated/α-hetero) is 1. The van der Waals surface area contributed by atoms with E-state index in [-0.39, 0.29) is 29.1 Å². The number of carbonyl (C=O) groups is 1. The molecule has 1 saturated carbocycles. The number of aliphatic hydroxyl groups is 1. The number of aliphatic hydroxyl groups excluding tert-OH is 1. The summed E-state index contributed by atoms with van der Waals surface area (Å²) >= 11 is 0. The third kappa shape index (κ3) is 3.78. The highest BCUT2D eigenvalue weighted by atomic mass is 19.4. The van der Waals surface area contributed by atoms with Crippen molar-refractivity contribution in [3.05, 3.63) is 64.4 Å². The molecule has 2 atom stereocenters. The highest BCUT2D eigenvalue weighted by molar-refractivity contribution is 6.23. The molecule has 0 amide bonds. The molecule has 7 heteroatoms. The van der Waals surface area contributed by atoms with E-state index in [1.165, 1.54) is 0 Å². The molecule has 0 heterocycles. The summed E-state index contributed by atoms with van der Waals surface area (Å²) in [5.74, 6) is 0.333. The largest absolute Gasteiger partial charge is 0.511 e. The lowest BCUT2D eigenvalue weighted by Gasteiger charge is -2.23. The Morgan fingerprint density at radius 2 is 1.81 bits per heavy atom. The molecule has 2 aromatic carbocycles. The Morgan fingerprint density at radius 1 is 1.13 bits per heavy atom.